The first kappa shape index (κ1) is 12.3. The smallest absolute Gasteiger partial charge is 0.222 e. The van der Waals surface area contributed by atoms with E-state index in [9.17, 15) is 0 Å². The van der Waals surface area contributed by atoms with E-state index < -0.39 is 0 Å². The van der Waals surface area contributed by atoms with Crippen LogP contribution < -0.4 is 5.73 Å². The number of thiophene rings is 1. The highest BCUT2D eigenvalue weighted by atomic mass is 32.2. The highest BCUT2D eigenvalue weighted by Gasteiger charge is 2.11. The molecule has 7 heteroatoms. The first-order chi connectivity index (χ1) is 9.26. The van der Waals surface area contributed by atoms with Crippen molar-refractivity contribution in [1.82, 2.24) is 19.9 Å². The lowest BCUT2D eigenvalue weighted by Crippen LogP contribution is -1.95. The van der Waals surface area contributed by atoms with Crippen molar-refractivity contribution in [1.29, 1.82) is 0 Å². The van der Waals surface area contributed by atoms with Crippen LogP contribution in [0.5, 0.6) is 0 Å². The Balaban J connectivity index is 2.09. The Morgan fingerprint density at radius 1 is 1.37 bits per heavy atom. The first-order valence-electron chi connectivity index (χ1n) is 5.76. The molecular weight excluding hydrogens is 278 g/mol. The van der Waals surface area contributed by atoms with Crippen molar-refractivity contribution in [3.63, 3.8) is 0 Å². The number of rotatable bonds is 3. The van der Waals surface area contributed by atoms with Gasteiger partial charge in [-0.05, 0) is 30.3 Å². The molecule has 3 aromatic heterocycles. The molecule has 0 amide bonds. The van der Waals surface area contributed by atoms with Crippen molar-refractivity contribution >= 4 is 39.3 Å². The van der Waals surface area contributed by atoms with Gasteiger partial charge in [0.05, 0.1) is 0 Å². The van der Waals surface area contributed by atoms with Crippen LogP contribution in [0.1, 0.15) is 11.8 Å². The number of aryl methyl sites for hydroxylation is 1. The molecule has 3 heterocycles. The molecule has 0 saturated heterocycles. The van der Waals surface area contributed by atoms with Crippen molar-refractivity contribution in [3.05, 3.63) is 29.5 Å². The van der Waals surface area contributed by atoms with E-state index in [2.05, 4.69) is 32.9 Å². The van der Waals surface area contributed by atoms with Gasteiger partial charge in [0, 0.05) is 16.5 Å². The van der Waals surface area contributed by atoms with E-state index in [1.165, 1.54) is 23.0 Å². The van der Waals surface area contributed by atoms with Gasteiger partial charge in [0.2, 0.25) is 5.95 Å². The third-order valence-corrected chi connectivity index (χ3v) is 4.66. The predicted octanol–water partition coefficient (Wildman–Crippen LogP) is 2.78. The summed E-state index contributed by atoms with van der Waals surface area (Å²) in [6.45, 7) is 2.12. The van der Waals surface area contributed by atoms with Crippen LogP contribution in [-0.2, 0) is 6.42 Å². The summed E-state index contributed by atoms with van der Waals surface area (Å²) < 4.78 is 0. The van der Waals surface area contributed by atoms with E-state index in [4.69, 9.17) is 5.73 Å². The van der Waals surface area contributed by atoms with Gasteiger partial charge in [-0.25, -0.2) is 19.9 Å². The van der Waals surface area contributed by atoms with Gasteiger partial charge in [0.15, 0.2) is 0 Å². The quantitative estimate of drug-likeness (QED) is 0.747. The molecule has 0 spiro atoms. The molecule has 0 atom stereocenters. The molecular formula is C12H11N5S2. The maximum absolute atomic E-state index is 5.77. The zero-order valence-electron chi connectivity index (χ0n) is 10.2. The molecule has 19 heavy (non-hydrogen) atoms. The lowest BCUT2D eigenvalue weighted by molar-refractivity contribution is 1.04. The minimum absolute atomic E-state index is 0.300. The number of nitrogens with two attached hydrogens (primary N) is 1. The minimum Gasteiger partial charge on any atom is -0.368 e. The Hall–Kier alpha value is -1.73. The predicted molar refractivity (Wildman–Crippen MR) is 77.4 cm³/mol. The zero-order valence-corrected chi connectivity index (χ0v) is 11.8. The monoisotopic (exact) mass is 289 g/mol. The third kappa shape index (κ3) is 2.52. The summed E-state index contributed by atoms with van der Waals surface area (Å²) in [5.41, 5.74) is 5.77. The van der Waals surface area contributed by atoms with E-state index >= 15 is 0 Å². The van der Waals surface area contributed by atoms with Crippen molar-refractivity contribution in [2.45, 2.75) is 23.4 Å². The average molecular weight is 289 g/mol. The number of fused-ring (bicyclic) bond motifs is 1. The molecule has 0 fully saturated rings. The fourth-order valence-electron chi connectivity index (χ4n) is 1.65. The standard InChI is InChI=1S/C12H11N5S2/c1-2-7-5-8-10(18-7)16-12(13)17-11(8)19-9-3-4-14-6-15-9/h3-6H,2H2,1H3,(H2,13,16,17). The van der Waals surface area contributed by atoms with E-state index in [0.717, 1.165) is 26.7 Å². The second-order valence-corrected chi connectivity index (χ2v) is 5.95. The van der Waals surface area contributed by atoms with Crippen LogP contribution in [0.25, 0.3) is 10.2 Å². The van der Waals surface area contributed by atoms with Gasteiger partial charge in [-0.1, -0.05) is 6.92 Å². The molecule has 3 aromatic rings. The molecule has 5 nitrogen and oxygen atoms in total. The van der Waals surface area contributed by atoms with Crippen molar-refractivity contribution in [2.75, 3.05) is 5.73 Å². The molecule has 96 valence electrons. The minimum atomic E-state index is 0.300. The van der Waals surface area contributed by atoms with Gasteiger partial charge in [-0.2, -0.15) is 0 Å². The van der Waals surface area contributed by atoms with Crippen LogP contribution in [0.4, 0.5) is 5.95 Å². The van der Waals surface area contributed by atoms with Gasteiger partial charge in [-0.3, -0.25) is 0 Å². The lowest BCUT2D eigenvalue weighted by Gasteiger charge is -2.02. The summed E-state index contributed by atoms with van der Waals surface area (Å²) in [4.78, 5) is 18.9. The highest BCUT2D eigenvalue weighted by molar-refractivity contribution is 7.99. The van der Waals surface area contributed by atoms with E-state index in [-0.39, 0.29) is 0 Å². The van der Waals surface area contributed by atoms with Crippen LogP contribution in [0, 0.1) is 0 Å². The summed E-state index contributed by atoms with van der Waals surface area (Å²) in [6, 6.07) is 3.98. The maximum atomic E-state index is 5.77. The lowest BCUT2D eigenvalue weighted by atomic mass is 10.3. The van der Waals surface area contributed by atoms with E-state index in [1.807, 2.05) is 6.07 Å². The molecule has 0 unspecified atom stereocenters. The Morgan fingerprint density at radius 3 is 3.00 bits per heavy atom. The topological polar surface area (TPSA) is 77.6 Å². The molecule has 0 aromatic carbocycles. The average Bonchev–Trinajstić information content (AvgIpc) is 2.83. The molecule has 0 radical (unpaired) electrons. The number of nitrogens with zero attached hydrogens (tertiary/aromatic N) is 4. The summed E-state index contributed by atoms with van der Waals surface area (Å²) >= 11 is 3.14. The van der Waals surface area contributed by atoms with Crippen LogP contribution in [-0.4, -0.2) is 19.9 Å². The summed E-state index contributed by atoms with van der Waals surface area (Å²) in [5, 5.41) is 2.73. The van der Waals surface area contributed by atoms with Crippen LogP contribution in [0.3, 0.4) is 0 Å². The molecule has 0 aliphatic rings. The van der Waals surface area contributed by atoms with Gasteiger partial charge in [0.25, 0.3) is 0 Å². The number of hydrogen-bond acceptors (Lipinski definition) is 7. The number of aromatic nitrogens is 4. The van der Waals surface area contributed by atoms with E-state index in [0.29, 0.717) is 5.95 Å². The normalized spacial score (nSPS) is 11.0. The van der Waals surface area contributed by atoms with Gasteiger partial charge in [-0.15, -0.1) is 11.3 Å². The Labute approximate surface area is 118 Å². The fourth-order valence-corrected chi connectivity index (χ4v) is 3.52. The van der Waals surface area contributed by atoms with Gasteiger partial charge >= 0.3 is 0 Å². The molecule has 0 saturated carbocycles. The van der Waals surface area contributed by atoms with Crippen LogP contribution in [0.15, 0.2) is 34.7 Å². The van der Waals surface area contributed by atoms with E-state index in [1.54, 1.807) is 17.5 Å². The van der Waals surface area contributed by atoms with Crippen LogP contribution >= 0.6 is 23.1 Å². The van der Waals surface area contributed by atoms with Crippen molar-refractivity contribution < 1.29 is 0 Å². The van der Waals surface area contributed by atoms with Crippen molar-refractivity contribution in [2.24, 2.45) is 0 Å². The second-order valence-electron chi connectivity index (χ2n) is 3.82. The van der Waals surface area contributed by atoms with Crippen molar-refractivity contribution in [3.8, 4) is 0 Å². The van der Waals surface area contributed by atoms with Gasteiger partial charge in [0.1, 0.15) is 21.2 Å². The maximum Gasteiger partial charge on any atom is 0.222 e. The molecule has 3 rings (SSSR count). The SMILES string of the molecule is CCc1cc2c(Sc3ccncn3)nc(N)nc2s1. The van der Waals surface area contributed by atoms with Crippen LogP contribution in [0.2, 0.25) is 0 Å². The second kappa shape index (κ2) is 5.10. The molecule has 0 aliphatic heterocycles. The molecule has 0 bridgehead atoms. The number of nitrogen functional groups attached to an aromatic ring is 1. The summed E-state index contributed by atoms with van der Waals surface area (Å²) in [5.74, 6) is 0.300. The summed E-state index contributed by atoms with van der Waals surface area (Å²) in [7, 11) is 0. The summed E-state index contributed by atoms with van der Waals surface area (Å²) in [6.07, 6.45) is 4.22. The highest BCUT2D eigenvalue weighted by Crippen LogP contribution is 2.34. The fraction of sp³-hybridized carbons (Fsp3) is 0.167. The first-order valence-corrected chi connectivity index (χ1v) is 7.39. The number of anilines is 1. The number of hydrogen-bond donors (Lipinski definition) is 1. The molecule has 2 N–H and O–H groups in total. The Morgan fingerprint density at radius 2 is 2.26 bits per heavy atom. The third-order valence-electron chi connectivity index (χ3n) is 2.53. The Bertz CT molecular complexity index is 711. The van der Waals surface area contributed by atoms with Gasteiger partial charge < -0.3 is 5.73 Å². The largest absolute Gasteiger partial charge is 0.368 e. The Kier molecular flexibility index (Phi) is 3.31. The zero-order chi connectivity index (χ0) is 13.2. The molecule has 0 aliphatic carbocycles.